The third-order valence-electron chi connectivity index (χ3n) is 0.576. The van der Waals surface area contributed by atoms with Crippen molar-refractivity contribution in [1.82, 2.24) is 0 Å². The maximum Gasteiger partial charge on any atom is 0.303 e. The molecular weight excluding hydrogens is 119 g/mol. The Morgan fingerprint density at radius 3 is 2.56 bits per heavy atom. The van der Waals surface area contributed by atoms with E-state index in [2.05, 4.69) is 16.6 Å². The van der Waals surface area contributed by atoms with Gasteiger partial charge in [-0.3, -0.25) is 0 Å². The molecule has 0 aliphatic carbocycles. The van der Waals surface area contributed by atoms with Gasteiger partial charge in [0.25, 0.3) is 0 Å². The van der Waals surface area contributed by atoms with Crippen LogP contribution in [0.1, 0.15) is 6.92 Å². The number of amidine groups is 1. The van der Waals surface area contributed by atoms with E-state index in [1.54, 1.807) is 6.92 Å². The Labute approximate surface area is 53.8 Å². The molecule has 0 atom stereocenters. The Kier molecular flexibility index (Phi) is 3.51. The highest BCUT2D eigenvalue weighted by Crippen LogP contribution is 1.83. The van der Waals surface area contributed by atoms with Gasteiger partial charge in [-0.1, -0.05) is 6.58 Å². The lowest BCUT2D eigenvalue weighted by atomic mass is 10.4. The molecule has 3 heteroatoms. The van der Waals surface area contributed by atoms with E-state index >= 15 is 0 Å². The van der Waals surface area contributed by atoms with E-state index in [4.69, 9.17) is 0 Å². The minimum Gasteiger partial charge on any atom is -0.244 e. The van der Waals surface area contributed by atoms with Crippen LogP contribution in [0.2, 0.25) is 0 Å². The minimum atomic E-state index is -0.724. The Balaban J connectivity index is 3.86. The number of halogens is 1. The van der Waals surface area contributed by atoms with Gasteiger partial charge < -0.3 is 0 Å². The topological polar surface area (TPSA) is 24.7 Å². The first-order chi connectivity index (χ1) is 4.16. The molecule has 0 aromatic heterocycles. The summed E-state index contributed by atoms with van der Waals surface area (Å²) in [6, 6.07) is 0. The highest BCUT2D eigenvalue weighted by atomic mass is 19.1. The van der Waals surface area contributed by atoms with Gasteiger partial charge in [-0.25, -0.2) is 9.98 Å². The Morgan fingerprint density at radius 2 is 2.22 bits per heavy atom. The first-order valence-corrected chi connectivity index (χ1v) is 2.48. The average Bonchev–Trinajstić information content (AvgIpc) is 1.83. The van der Waals surface area contributed by atoms with Gasteiger partial charge in [-0.05, 0) is 12.5 Å². The number of aliphatic imine (C=N–C) groups is 2. The summed E-state index contributed by atoms with van der Waals surface area (Å²) >= 11 is 0. The minimum absolute atomic E-state index is 0.703. The number of hydrogen-bond donors (Lipinski definition) is 0. The van der Waals surface area contributed by atoms with Gasteiger partial charge in [0, 0.05) is 13.3 Å². The van der Waals surface area contributed by atoms with E-state index in [1.807, 2.05) is 0 Å². The van der Waals surface area contributed by atoms with Crippen molar-refractivity contribution in [3.63, 3.8) is 0 Å². The van der Waals surface area contributed by atoms with Crippen molar-refractivity contribution >= 4 is 12.3 Å². The molecule has 0 saturated carbocycles. The van der Waals surface area contributed by atoms with Gasteiger partial charge in [0.15, 0.2) is 0 Å². The van der Waals surface area contributed by atoms with Crippen LogP contribution in [-0.2, 0) is 0 Å². The fraction of sp³-hybridized carbons (Fsp3) is 0.333. The number of rotatable bonds is 1. The van der Waals surface area contributed by atoms with Crippen LogP contribution >= 0.6 is 0 Å². The van der Waals surface area contributed by atoms with Crippen LogP contribution in [0, 0.1) is 0 Å². The van der Waals surface area contributed by atoms with E-state index in [9.17, 15) is 4.39 Å². The molecule has 0 amide bonds. The fourth-order valence-electron chi connectivity index (χ4n) is 0.221. The lowest BCUT2D eigenvalue weighted by molar-refractivity contribution is 0.787. The van der Waals surface area contributed by atoms with Gasteiger partial charge in [0.2, 0.25) is 0 Å². The van der Waals surface area contributed by atoms with Crippen molar-refractivity contribution in [2.75, 3.05) is 7.05 Å². The second kappa shape index (κ2) is 3.95. The quantitative estimate of drug-likeness (QED) is 0.291. The molecule has 0 saturated heterocycles. The van der Waals surface area contributed by atoms with E-state index in [0.29, 0.717) is 5.57 Å². The van der Waals surface area contributed by atoms with Crippen molar-refractivity contribution < 1.29 is 4.39 Å². The second-order valence-electron chi connectivity index (χ2n) is 1.60. The van der Waals surface area contributed by atoms with Crippen LogP contribution < -0.4 is 0 Å². The molecule has 0 radical (unpaired) electrons. The van der Waals surface area contributed by atoms with E-state index in [1.165, 1.54) is 13.3 Å². The van der Waals surface area contributed by atoms with E-state index in [0.717, 1.165) is 0 Å². The van der Waals surface area contributed by atoms with Gasteiger partial charge in [-0.15, -0.1) is 0 Å². The lowest BCUT2D eigenvalue weighted by Crippen LogP contribution is -1.83. The summed E-state index contributed by atoms with van der Waals surface area (Å²) in [5, 5.41) is 0. The molecule has 0 spiro atoms. The molecule has 0 N–H and O–H groups in total. The summed E-state index contributed by atoms with van der Waals surface area (Å²) in [5.74, 6) is 0. The summed E-state index contributed by atoms with van der Waals surface area (Å²) in [7, 11) is 1.34. The van der Waals surface area contributed by atoms with Gasteiger partial charge in [0.05, 0.1) is 0 Å². The van der Waals surface area contributed by atoms with Crippen molar-refractivity contribution in [2.24, 2.45) is 9.98 Å². The molecule has 0 aromatic carbocycles. The van der Waals surface area contributed by atoms with Crippen molar-refractivity contribution in [3.05, 3.63) is 12.2 Å². The molecule has 9 heavy (non-hydrogen) atoms. The SMILES string of the molecule is C=C(C)C=NC(F)=NC. The monoisotopic (exact) mass is 128 g/mol. The lowest BCUT2D eigenvalue weighted by Gasteiger charge is -1.82. The normalized spacial score (nSPS) is 12.6. The van der Waals surface area contributed by atoms with Crippen molar-refractivity contribution in [1.29, 1.82) is 0 Å². The maximum atomic E-state index is 12.0. The highest BCUT2D eigenvalue weighted by Gasteiger charge is 1.83. The summed E-state index contributed by atoms with van der Waals surface area (Å²) < 4.78 is 12.0. The van der Waals surface area contributed by atoms with Crippen LogP contribution in [0.4, 0.5) is 4.39 Å². The van der Waals surface area contributed by atoms with Crippen LogP contribution in [0.5, 0.6) is 0 Å². The Bertz CT molecular complexity index is 158. The predicted octanol–water partition coefficient (Wildman–Crippen LogP) is 1.59. The summed E-state index contributed by atoms with van der Waals surface area (Å²) in [4.78, 5) is 6.47. The molecule has 0 fully saturated rings. The zero-order valence-corrected chi connectivity index (χ0v) is 5.56. The van der Waals surface area contributed by atoms with Gasteiger partial charge in [0.1, 0.15) is 0 Å². The maximum absolute atomic E-state index is 12.0. The van der Waals surface area contributed by atoms with Gasteiger partial charge >= 0.3 is 6.09 Å². The van der Waals surface area contributed by atoms with E-state index < -0.39 is 6.09 Å². The Hall–Kier alpha value is -0.990. The van der Waals surface area contributed by atoms with Crippen molar-refractivity contribution in [3.8, 4) is 0 Å². The van der Waals surface area contributed by atoms with Crippen LogP contribution in [-0.4, -0.2) is 19.4 Å². The van der Waals surface area contributed by atoms with Crippen LogP contribution in [0.15, 0.2) is 22.1 Å². The molecule has 0 rings (SSSR count). The Morgan fingerprint density at radius 1 is 1.67 bits per heavy atom. The fourth-order valence-corrected chi connectivity index (χ4v) is 0.221. The molecule has 0 unspecified atom stereocenters. The van der Waals surface area contributed by atoms with E-state index in [-0.39, 0.29) is 0 Å². The predicted molar refractivity (Wildman–Crippen MR) is 37.8 cm³/mol. The first-order valence-electron chi connectivity index (χ1n) is 2.48. The third kappa shape index (κ3) is 4.87. The molecule has 0 bridgehead atoms. The first kappa shape index (κ1) is 8.01. The summed E-state index contributed by atoms with van der Waals surface area (Å²) in [6.45, 7) is 5.22. The second-order valence-corrected chi connectivity index (χ2v) is 1.60. The molecule has 50 valence electrons. The van der Waals surface area contributed by atoms with Gasteiger partial charge in [-0.2, -0.15) is 4.39 Å². The molecule has 0 aliphatic heterocycles. The number of hydrogen-bond acceptors (Lipinski definition) is 1. The van der Waals surface area contributed by atoms with Crippen LogP contribution in [0.3, 0.4) is 0 Å². The summed E-state index contributed by atoms with van der Waals surface area (Å²) in [6.07, 6.45) is 0.598. The molecular formula is C6H9FN2. The largest absolute Gasteiger partial charge is 0.303 e. The zero-order valence-electron chi connectivity index (χ0n) is 5.56. The zero-order chi connectivity index (χ0) is 7.28. The smallest absolute Gasteiger partial charge is 0.244 e. The molecule has 2 nitrogen and oxygen atoms in total. The highest BCUT2D eigenvalue weighted by molar-refractivity contribution is 5.89. The van der Waals surface area contributed by atoms with Crippen molar-refractivity contribution in [2.45, 2.75) is 6.92 Å². The van der Waals surface area contributed by atoms with Crippen LogP contribution in [0.25, 0.3) is 0 Å². The molecule has 0 aromatic rings. The number of nitrogens with zero attached hydrogens (tertiary/aromatic N) is 2. The third-order valence-corrected chi connectivity index (χ3v) is 0.576. The molecule has 0 heterocycles. The average molecular weight is 128 g/mol. The molecule has 0 aliphatic rings. The number of allylic oxidation sites excluding steroid dienone is 1. The standard InChI is InChI=1S/C6H9FN2/c1-5(2)4-9-6(7)8-3/h4H,1H2,2-3H3. The summed E-state index contributed by atoms with van der Waals surface area (Å²) in [5.41, 5.74) is 0.703.